The topological polar surface area (TPSA) is 48.1 Å². The number of halogens is 5. The number of rotatable bonds is 6. The van der Waals surface area contributed by atoms with Crippen LogP contribution in [0.1, 0.15) is 32.8 Å². The number of nitrogens with zero attached hydrogens (tertiary/aromatic N) is 1. The number of pyridine rings is 1. The van der Waals surface area contributed by atoms with E-state index in [1.54, 1.807) is 0 Å². The fourth-order valence-corrected chi connectivity index (χ4v) is 2.88. The zero-order valence-electron chi connectivity index (χ0n) is 15.2. The number of benzene rings is 1. The Bertz CT molecular complexity index is 800. The standard InChI is InChI=1S/C19H21F5N2O/c1-11(9-18(2,3)25)10-27-15-5-4-12(8-14(15)19(22,23)24)13-6-7-26-17(21)16(13)20/h4-8,11H,9-10,25H2,1-3H3. The summed E-state index contributed by atoms with van der Waals surface area (Å²) in [5.41, 5.74) is 3.95. The Morgan fingerprint density at radius 3 is 2.41 bits per heavy atom. The normalized spacial score (nSPS) is 13.5. The molecule has 1 unspecified atom stereocenters. The molecular weight excluding hydrogens is 367 g/mol. The molecule has 1 aromatic carbocycles. The highest BCUT2D eigenvalue weighted by Crippen LogP contribution is 2.39. The Labute approximate surface area is 154 Å². The van der Waals surface area contributed by atoms with Gasteiger partial charge >= 0.3 is 6.18 Å². The highest BCUT2D eigenvalue weighted by atomic mass is 19.4. The second-order valence-electron chi connectivity index (χ2n) is 7.28. The first-order valence-electron chi connectivity index (χ1n) is 8.32. The lowest BCUT2D eigenvalue weighted by molar-refractivity contribution is -0.139. The van der Waals surface area contributed by atoms with E-state index in [2.05, 4.69) is 4.98 Å². The van der Waals surface area contributed by atoms with E-state index in [4.69, 9.17) is 10.5 Å². The summed E-state index contributed by atoms with van der Waals surface area (Å²) < 4.78 is 72.8. The van der Waals surface area contributed by atoms with Crippen molar-refractivity contribution in [2.45, 2.75) is 38.9 Å². The van der Waals surface area contributed by atoms with Gasteiger partial charge in [0.15, 0.2) is 5.82 Å². The molecule has 0 aliphatic heterocycles. The molecule has 0 spiro atoms. The molecular formula is C19H21F5N2O. The molecule has 8 heteroatoms. The van der Waals surface area contributed by atoms with E-state index in [0.29, 0.717) is 6.42 Å². The first-order valence-corrected chi connectivity index (χ1v) is 8.32. The summed E-state index contributed by atoms with van der Waals surface area (Å²) in [6.45, 7) is 5.51. The molecule has 148 valence electrons. The average Bonchev–Trinajstić information content (AvgIpc) is 2.53. The molecule has 27 heavy (non-hydrogen) atoms. The van der Waals surface area contributed by atoms with Gasteiger partial charge in [0, 0.05) is 17.3 Å². The van der Waals surface area contributed by atoms with Crippen LogP contribution in [0, 0.1) is 17.7 Å². The van der Waals surface area contributed by atoms with Crippen LogP contribution in [0.25, 0.3) is 11.1 Å². The van der Waals surface area contributed by atoms with E-state index in [9.17, 15) is 22.0 Å². The summed E-state index contributed by atoms with van der Waals surface area (Å²) in [5.74, 6) is -3.13. The smallest absolute Gasteiger partial charge is 0.419 e. The van der Waals surface area contributed by atoms with Crippen molar-refractivity contribution < 1.29 is 26.7 Å². The maximum Gasteiger partial charge on any atom is 0.419 e. The minimum atomic E-state index is -4.72. The van der Waals surface area contributed by atoms with E-state index in [-0.39, 0.29) is 29.4 Å². The summed E-state index contributed by atoms with van der Waals surface area (Å²) in [6.07, 6.45) is -3.17. The molecule has 2 aromatic rings. The lowest BCUT2D eigenvalue weighted by Crippen LogP contribution is -2.35. The van der Waals surface area contributed by atoms with E-state index in [1.165, 1.54) is 6.07 Å². The van der Waals surface area contributed by atoms with Crippen molar-refractivity contribution in [3.8, 4) is 16.9 Å². The van der Waals surface area contributed by atoms with Crippen molar-refractivity contribution >= 4 is 0 Å². The third-order valence-corrected chi connectivity index (χ3v) is 3.84. The summed E-state index contributed by atoms with van der Waals surface area (Å²) >= 11 is 0. The molecule has 1 atom stereocenters. The maximum atomic E-state index is 13.9. The molecule has 1 heterocycles. The molecule has 1 aromatic heterocycles. The van der Waals surface area contributed by atoms with Gasteiger partial charge in [0.05, 0.1) is 12.2 Å². The monoisotopic (exact) mass is 388 g/mol. The maximum absolute atomic E-state index is 13.9. The number of aromatic nitrogens is 1. The first-order chi connectivity index (χ1) is 12.4. The van der Waals surface area contributed by atoms with Crippen molar-refractivity contribution in [3.05, 3.63) is 47.8 Å². The van der Waals surface area contributed by atoms with Crippen molar-refractivity contribution in [2.24, 2.45) is 11.7 Å². The van der Waals surface area contributed by atoms with Gasteiger partial charge in [-0.1, -0.05) is 13.0 Å². The second kappa shape index (κ2) is 7.80. The van der Waals surface area contributed by atoms with E-state index in [1.807, 2.05) is 20.8 Å². The average molecular weight is 388 g/mol. The Hall–Kier alpha value is -2.22. The highest BCUT2D eigenvalue weighted by molar-refractivity contribution is 5.66. The summed E-state index contributed by atoms with van der Waals surface area (Å²) in [5, 5.41) is 0. The Balaban J connectivity index is 2.33. The number of nitrogens with two attached hydrogens (primary N) is 1. The summed E-state index contributed by atoms with van der Waals surface area (Å²) in [6, 6.07) is 4.21. The van der Waals surface area contributed by atoms with Crippen LogP contribution in [0.3, 0.4) is 0 Å². The molecule has 0 amide bonds. The molecule has 3 nitrogen and oxygen atoms in total. The lowest BCUT2D eigenvalue weighted by Gasteiger charge is -2.24. The van der Waals surface area contributed by atoms with Crippen LogP contribution in [0.15, 0.2) is 30.5 Å². The number of hydrogen-bond donors (Lipinski definition) is 1. The number of hydrogen-bond acceptors (Lipinski definition) is 3. The van der Waals surface area contributed by atoms with Gasteiger partial charge in [-0.3, -0.25) is 0 Å². The Kier molecular flexibility index (Phi) is 6.09. The fourth-order valence-electron chi connectivity index (χ4n) is 2.88. The Morgan fingerprint density at radius 2 is 1.81 bits per heavy atom. The van der Waals surface area contributed by atoms with Crippen molar-refractivity contribution in [2.75, 3.05) is 6.61 Å². The van der Waals surface area contributed by atoms with E-state index >= 15 is 0 Å². The minimum absolute atomic E-state index is 0.0430. The quantitative estimate of drug-likeness (QED) is 0.547. The molecule has 0 fully saturated rings. The van der Waals surface area contributed by atoms with Gasteiger partial charge in [0.2, 0.25) is 5.95 Å². The molecule has 2 N–H and O–H groups in total. The van der Waals surface area contributed by atoms with Gasteiger partial charge in [0.25, 0.3) is 0 Å². The predicted molar refractivity (Wildman–Crippen MR) is 92.1 cm³/mol. The molecule has 0 saturated heterocycles. The van der Waals surface area contributed by atoms with Crippen LogP contribution < -0.4 is 10.5 Å². The van der Waals surface area contributed by atoms with Crippen LogP contribution in [0.2, 0.25) is 0 Å². The molecule has 2 rings (SSSR count). The largest absolute Gasteiger partial charge is 0.493 e. The van der Waals surface area contributed by atoms with Crippen LogP contribution in [0.5, 0.6) is 5.75 Å². The van der Waals surface area contributed by atoms with E-state index < -0.39 is 29.0 Å². The van der Waals surface area contributed by atoms with E-state index in [0.717, 1.165) is 24.4 Å². The highest BCUT2D eigenvalue weighted by Gasteiger charge is 2.35. The molecule has 0 aliphatic rings. The fraction of sp³-hybridized carbons (Fsp3) is 0.421. The first kappa shape index (κ1) is 21.1. The van der Waals surface area contributed by atoms with Gasteiger partial charge in [-0.05, 0) is 49.9 Å². The van der Waals surface area contributed by atoms with Crippen LogP contribution >= 0.6 is 0 Å². The Morgan fingerprint density at radius 1 is 1.15 bits per heavy atom. The van der Waals surface area contributed by atoms with Gasteiger partial charge in [-0.15, -0.1) is 0 Å². The second-order valence-corrected chi connectivity index (χ2v) is 7.28. The third kappa shape index (κ3) is 5.63. The SMILES string of the molecule is CC(COc1ccc(-c2ccnc(F)c2F)cc1C(F)(F)F)CC(C)(C)N. The van der Waals surface area contributed by atoms with Gasteiger partial charge in [-0.2, -0.15) is 17.6 Å². The molecule has 0 saturated carbocycles. The zero-order chi connectivity index (χ0) is 20.4. The van der Waals surface area contributed by atoms with Gasteiger partial charge < -0.3 is 10.5 Å². The van der Waals surface area contributed by atoms with Crippen molar-refractivity contribution in [1.82, 2.24) is 4.98 Å². The third-order valence-electron chi connectivity index (χ3n) is 3.84. The molecule has 0 bridgehead atoms. The number of alkyl halides is 3. The molecule has 0 aliphatic carbocycles. The number of ether oxygens (including phenoxy) is 1. The van der Waals surface area contributed by atoms with Crippen LogP contribution in [-0.2, 0) is 6.18 Å². The summed E-state index contributed by atoms with van der Waals surface area (Å²) in [4.78, 5) is 3.13. The molecule has 0 radical (unpaired) electrons. The van der Waals surface area contributed by atoms with Crippen molar-refractivity contribution in [1.29, 1.82) is 0 Å². The van der Waals surface area contributed by atoms with Gasteiger partial charge in [0.1, 0.15) is 5.75 Å². The lowest BCUT2D eigenvalue weighted by atomic mass is 9.93. The zero-order valence-corrected chi connectivity index (χ0v) is 15.2. The van der Waals surface area contributed by atoms with Gasteiger partial charge in [-0.25, -0.2) is 9.37 Å². The van der Waals surface area contributed by atoms with Crippen LogP contribution in [-0.4, -0.2) is 17.1 Å². The van der Waals surface area contributed by atoms with Crippen LogP contribution in [0.4, 0.5) is 22.0 Å². The summed E-state index contributed by atoms with van der Waals surface area (Å²) in [7, 11) is 0. The van der Waals surface area contributed by atoms with Crippen molar-refractivity contribution in [3.63, 3.8) is 0 Å². The minimum Gasteiger partial charge on any atom is -0.493 e. The predicted octanol–water partition coefficient (Wildman–Crippen LogP) is 5.19.